The highest BCUT2D eigenvalue weighted by molar-refractivity contribution is 5.93. The van der Waals surface area contributed by atoms with Crippen LogP contribution in [0.3, 0.4) is 0 Å². The number of ether oxygens (including phenoxy) is 6. The topological polar surface area (TPSA) is 194 Å². The highest BCUT2D eigenvalue weighted by Crippen LogP contribution is 2.60. The molecule has 4 aliphatic heterocycles. The Bertz CT molecular complexity index is 1060. The molecule has 1 saturated carbocycles. The van der Waals surface area contributed by atoms with Crippen LogP contribution < -0.4 is 0 Å². The Hall–Kier alpha value is -2.10. The van der Waals surface area contributed by atoms with Gasteiger partial charge in [-0.15, -0.1) is 0 Å². The van der Waals surface area contributed by atoms with Crippen molar-refractivity contribution in [2.75, 3.05) is 13.2 Å². The van der Waals surface area contributed by atoms with Crippen LogP contribution >= 0.6 is 0 Å². The normalized spacial score (nSPS) is 51.0. The third kappa shape index (κ3) is 3.83. The van der Waals surface area contributed by atoms with Gasteiger partial charge in [0.2, 0.25) is 6.29 Å². The van der Waals surface area contributed by atoms with Crippen LogP contribution in [0, 0.1) is 23.7 Å². The molecule has 14 atom stereocenters. The largest absolute Gasteiger partial charge is 0.472 e. The van der Waals surface area contributed by atoms with Gasteiger partial charge in [-0.3, -0.25) is 4.79 Å². The summed E-state index contributed by atoms with van der Waals surface area (Å²) in [4.78, 5) is 25.6. The Labute approximate surface area is 217 Å². The Morgan fingerprint density at radius 1 is 1.16 bits per heavy atom. The maximum absolute atomic E-state index is 13.3. The molecular formula is C25H32O13. The number of fused-ring (bicyclic) bond motifs is 4. The van der Waals surface area contributed by atoms with E-state index in [1.54, 1.807) is 13.0 Å². The second kappa shape index (κ2) is 9.24. The average Bonchev–Trinajstić information content (AvgIpc) is 3.40. The SMILES string of the molecule is CC1=C2C(=O)OCC(C(=O)OC3C4C=COC(OC5OC(CO)C(O)C(O)C5O)C4C4(C)OC34)C2CC1O. The quantitative estimate of drug-likeness (QED) is 0.187. The molecule has 0 aromatic carbocycles. The van der Waals surface area contributed by atoms with Crippen molar-refractivity contribution in [3.05, 3.63) is 23.5 Å². The average molecular weight is 541 g/mol. The van der Waals surface area contributed by atoms with Crippen molar-refractivity contribution in [2.45, 2.75) is 81.2 Å². The Balaban J connectivity index is 1.17. The summed E-state index contributed by atoms with van der Waals surface area (Å²) in [6.07, 6.45) is -6.94. The lowest BCUT2D eigenvalue weighted by molar-refractivity contribution is -0.344. The number of epoxide rings is 1. The van der Waals surface area contributed by atoms with E-state index in [4.69, 9.17) is 28.4 Å². The van der Waals surface area contributed by atoms with Crippen LogP contribution in [0.25, 0.3) is 0 Å². The van der Waals surface area contributed by atoms with Crippen LogP contribution in [-0.2, 0) is 38.0 Å². The van der Waals surface area contributed by atoms with Crippen molar-refractivity contribution < 1.29 is 63.5 Å². The summed E-state index contributed by atoms with van der Waals surface area (Å²) >= 11 is 0. The third-order valence-corrected chi connectivity index (χ3v) is 8.99. The minimum Gasteiger partial charge on any atom is -0.472 e. The number of aliphatic hydroxyl groups excluding tert-OH is 5. The molecule has 13 heteroatoms. The van der Waals surface area contributed by atoms with E-state index in [2.05, 4.69) is 0 Å². The first-order chi connectivity index (χ1) is 18.1. The molecule has 3 saturated heterocycles. The molecule has 13 nitrogen and oxygen atoms in total. The minimum absolute atomic E-state index is 0.142. The van der Waals surface area contributed by atoms with Gasteiger partial charge >= 0.3 is 11.9 Å². The van der Waals surface area contributed by atoms with Gasteiger partial charge in [0.25, 0.3) is 0 Å². The molecule has 0 aromatic heterocycles. The summed E-state index contributed by atoms with van der Waals surface area (Å²) in [5.74, 6) is -3.20. The highest BCUT2D eigenvalue weighted by Gasteiger charge is 2.75. The molecular weight excluding hydrogens is 508 g/mol. The summed E-state index contributed by atoms with van der Waals surface area (Å²) in [5.41, 5.74) is 0.0576. The second-order valence-electron chi connectivity index (χ2n) is 11.1. The van der Waals surface area contributed by atoms with E-state index in [-0.39, 0.29) is 18.9 Å². The molecule has 6 rings (SSSR count). The van der Waals surface area contributed by atoms with Gasteiger partial charge in [-0.05, 0) is 31.9 Å². The fourth-order valence-corrected chi connectivity index (χ4v) is 6.74. The number of cyclic esters (lactones) is 1. The van der Waals surface area contributed by atoms with Gasteiger partial charge in [0, 0.05) is 17.4 Å². The monoisotopic (exact) mass is 540 g/mol. The van der Waals surface area contributed by atoms with Crippen LogP contribution in [0.5, 0.6) is 0 Å². The molecule has 210 valence electrons. The first kappa shape index (κ1) is 26.1. The molecule has 0 amide bonds. The van der Waals surface area contributed by atoms with Crippen LogP contribution in [0.15, 0.2) is 23.5 Å². The molecule has 5 N–H and O–H groups in total. The predicted molar refractivity (Wildman–Crippen MR) is 120 cm³/mol. The Morgan fingerprint density at radius 3 is 2.66 bits per heavy atom. The summed E-state index contributed by atoms with van der Waals surface area (Å²) < 4.78 is 34.2. The van der Waals surface area contributed by atoms with Crippen LogP contribution in [0.1, 0.15) is 20.3 Å². The van der Waals surface area contributed by atoms with Crippen molar-refractivity contribution in [1.29, 1.82) is 0 Å². The molecule has 14 unspecified atom stereocenters. The van der Waals surface area contributed by atoms with Gasteiger partial charge in [-0.25, -0.2) is 4.79 Å². The van der Waals surface area contributed by atoms with E-state index < -0.39 is 97.2 Å². The van der Waals surface area contributed by atoms with Gasteiger partial charge in [0.1, 0.15) is 48.8 Å². The van der Waals surface area contributed by atoms with E-state index in [0.29, 0.717) is 11.1 Å². The summed E-state index contributed by atoms with van der Waals surface area (Å²) in [6.45, 7) is 2.74. The standard InChI is InChI=1S/C25H32O13/c1-8-12(27)5-10-11(7-34-22(32)14(8)10)21(31)36-19-9-3-4-33-23(15(9)25(2)20(19)38-25)37-24-18(30)17(29)16(28)13(6-26)35-24/h3-4,9-13,15-20,23-24,26-30H,5-7H2,1-2H3. The zero-order chi connectivity index (χ0) is 27.1. The molecule has 4 fully saturated rings. The van der Waals surface area contributed by atoms with Gasteiger partial charge in [-0.2, -0.15) is 0 Å². The Kier molecular flexibility index (Phi) is 6.35. The number of rotatable bonds is 5. The van der Waals surface area contributed by atoms with E-state index in [1.165, 1.54) is 6.26 Å². The number of carbonyl (C=O) groups is 2. The van der Waals surface area contributed by atoms with Gasteiger partial charge in [-0.1, -0.05) is 0 Å². The van der Waals surface area contributed by atoms with Crippen LogP contribution in [-0.4, -0.2) is 112 Å². The lowest BCUT2D eigenvalue weighted by Gasteiger charge is -2.43. The van der Waals surface area contributed by atoms with Gasteiger partial charge in [0.15, 0.2) is 6.29 Å². The first-order valence-corrected chi connectivity index (χ1v) is 12.8. The molecule has 4 heterocycles. The lowest BCUT2D eigenvalue weighted by atomic mass is 9.84. The maximum atomic E-state index is 13.3. The van der Waals surface area contributed by atoms with Crippen molar-refractivity contribution in [1.82, 2.24) is 0 Å². The zero-order valence-electron chi connectivity index (χ0n) is 20.8. The fourth-order valence-electron chi connectivity index (χ4n) is 6.74. The fraction of sp³-hybridized carbons (Fsp3) is 0.760. The van der Waals surface area contributed by atoms with Crippen molar-refractivity contribution in [3.8, 4) is 0 Å². The van der Waals surface area contributed by atoms with Gasteiger partial charge in [0.05, 0.1) is 30.8 Å². The number of aliphatic hydroxyl groups is 5. The van der Waals surface area contributed by atoms with E-state index >= 15 is 0 Å². The van der Waals surface area contributed by atoms with E-state index in [0.717, 1.165) is 0 Å². The van der Waals surface area contributed by atoms with Crippen molar-refractivity contribution in [2.24, 2.45) is 23.7 Å². The van der Waals surface area contributed by atoms with Crippen molar-refractivity contribution >= 4 is 11.9 Å². The van der Waals surface area contributed by atoms with Crippen molar-refractivity contribution in [3.63, 3.8) is 0 Å². The van der Waals surface area contributed by atoms with Crippen LogP contribution in [0.4, 0.5) is 0 Å². The third-order valence-electron chi connectivity index (χ3n) is 8.99. The zero-order valence-corrected chi connectivity index (χ0v) is 20.8. The molecule has 38 heavy (non-hydrogen) atoms. The number of esters is 2. The van der Waals surface area contributed by atoms with Gasteiger partial charge < -0.3 is 54.0 Å². The van der Waals surface area contributed by atoms with E-state index in [9.17, 15) is 35.1 Å². The summed E-state index contributed by atoms with van der Waals surface area (Å²) in [7, 11) is 0. The molecule has 0 radical (unpaired) electrons. The molecule has 0 aromatic rings. The maximum Gasteiger partial charge on any atom is 0.334 e. The number of hydrogen-bond acceptors (Lipinski definition) is 13. The smallest absolute Gasteiger partial charge is 0.334 e. The highest BCUT2D eigenvalue weighted by atomic mass is 16.8. The first-order valence-electron chi connectivity index (χ1n) is 12.8. The second-order valence-corrected chi connectivity index (χ2v) is 11.1. The lowest BCUT2D eigenvalue weighted by Crippen LogP contribution is -2.60. The summed E-state index contributed by atoms with van der Waals surface area (Å²) in [5, 5.41) is 50.3. The summed E-state index contributed by atoms with van der Waals surface area (Å²) in [6, 6.07) is 0. The van der Waals surface area contributed by atoms with E-state index in [1.807, 2.05) is 6.92 Å². The molecule has 0 spiro atoms. The molecule has 6 aliphatic rings. The minimum atomic E-state index is -1.61. The molecule has 2 aliphatic carbocycles. The number of carbonyl (C=O) groups excluding carboxylic acids is 2. The van der Waals surface area contributed by atoms with Crippen LogP contribution in [0.2, 0.25) is 0 Å². The Morgan fingerprint density at radius 2 is 1.92 bits per heavy atom. The number of hydrogen-bond donors (Lipinski definition) is 5. The predicted octanol–water partition coefficient (Wildman–Crippen LogP) is -2.14. The molecule has 0 bridgehead atoms.